The first-order valence-electron chi connectivity index (χ1n) is 9.46. The zero-order chi connectivity index (χ0) is 21.0. The molecule has 0 aliphatic carbocycles. The van der Waals surface area contributed by atoms with Crippen LogP contribution in [0.3, 0.4) is 0 Å². The minimum absolute atomic E-state index is 0.142. The van der Waals surface area contributed by atoms with E-state index in [2.05, 4.69) is 0 Å². The van der Waals surface area contributed by atoms with Crippen LogP contribution in [0, 0.1) is 13.8 Å². The minimum atomic E-state index is -0.634. The van der Waals surface area contributed by atoms with Crippen molar-refractivity contribution in [3.05, 3.63) is 44.9 Å². The van der Waals surface area contributed by atoms with Crippen LogP contribution in [0.2, 0.25) is 0 Å². The fraction of sp³-hybridized carbons (Fsp3) is 0.476. The highest BCUT2D eigenvalue weighted by atomic mass is 32.1. The van der Waals surface area contributed by atoms with Crippen LogP contribution in [0.4, 0.5) is 0 Å². The molecule has 0 aliphatic rings. The Morgan fingerprint density at radius 1 is 1.25 bits per heavy atom. The number of ether oxygens (including phenoxy) is 1. The minimum Gasteiger partial charge on any atom is -0.464 e. The summed E-state index contributed by atoms with van der Waals surface area (Å²) in [6, 6.07) is 2.96. The van der Waals surface area contributed by atoms with Crippen molar-refractivity contribution < 1.29 is 19.1 Å². The van der Waals surface area contributed by atoms with Crippen molar-refractivity contribution in [1.29, 1.82) is 0 Å². The molecule has 2 aromatic rings. The van der Waals surface area contributed by atoms with Gasteiger partial charge in [-0.3, -0.25) is 9.59 Å². The number of carbonyl (C=O) groups excluding carboxylic acids is 3. The lowest BCUT2D eigenvalue weighted by molar-refractivity contribution is 0.0586. The summed E-state index contributed by atoms with van der Waals surface area (Å²) in [4.78, 5) is 40.8. The van der Waals surface area contributed by atoms with Crippen LogP contribution in [0.15, 0.2) is 17.5 Å². The fourth-order valence-electron chi connectivity index (χ4n) is 3.62. The van der Waals surface area contributed by atoms with Gasteiger partial charge in [-0.15, -0.1) is 11.3 Å². The average Bonchev–Trinajstić information content (AvgIpc) is 3.30. The summed E-state index contributed by atoms with van der Waals surface area (Å²) in [5.41, 5.74) is 2.21. The summed E-state index contributed by atoms with van der Waals surface area (Å²) < 4.78 is 6.71. The summed E-state index contributed by atoms with van der Waals surface area (Å²) in [6.07, 6.45) is 0.746. The van der Waals surface area contributed by atoms with E-state index in [1.807, 2.05) is 32.2 Å². The monoisotopic (exact) mass is 404 g/mol. The first kappa shape index (κ1) is 21.9. The van der Waals surface area contributed by atoms with Crippen molar-refractivity contribution in [3.63, 3.8) is 0 Å². The van der Waals surface area contributed by atoms with Crippen molar-refractivity contribution >= 4 is 29.0 Å². The van der Waals surface area contributed by atoms with Gasteiger partial charge in [0.05, 0.1) is 18.0 Å². The van der Waals surface area contributed by atoms with Gasteiger partial charge < -0.3 is 14.2 Å². The van der Waals surface area contributed by atoms with Crippen LogP contribution in [0.1, 0.15) is 69.0 Å². The normalized spacial score (nSPS) is 11.9. The Hall–Kier alpha value is -2.41. The van der Waals surface area contributed by atoms with Gasteiger partial charge in [-0.05, 0) is 51.1 Å². The van der Waals surface area contributed by atoms with E-state index in [9.17, 15) is 14.4 Å². The second-order valence-electron chi connectivity index (χ2n) is 6.69. The van der Waals surface area contributed by atoms with E-state index >= 15 is 0 Å². The molecule has 0 N–H and O–H groups in total. The van der Waals surface area contributed by atoms with E-state index in [0.29, 0.717) is 34.8 Å². The van der Waals surface area contributed by atoms with Gasteiger partial charge in [0.25, 0.3) is 5.91 Å². The predicted octanol–water partition coefficient (Wildman–Crippen LogP) is 4.10. The summed E-state index contributed by atoms with van der Waals surface area (Å²) in [5.74, 6) is -0.768. The number of ketones is 1. The lowest BCUT2D eigenvalue weighted by Crippen LogP contribution is -2.43. The number of methoxy groups -OCH3 is 1. The molecule has 0 saturated carbocycles. The van der Waals surface area contributed by atoms with E-state index in [0.717, 1.165) is 12.1 Å². The molecule has 2 aromatic heterocycles. The van der Waals surface area contributed by atoms with Crippen LogP contribution >= 0.6 is 11.3 Å². The van der Waals surface area contributed by atoms with E-state index in [1.165, 1.54) is 18.4 Å². The van der Waals surface area contributed by atoms with Crippen molar-refractivity contribution in [2.24, 2.45) is 0 Å². The number of thiophene rings is 1. The van der Waals surface area contributed by atoms with Gasteiger partial charge in [-0.2, -0.15) is 0 Å². The van der Waals surface area contributed by atoms with Gasteiger partial charge >= 0.3 is 5.97 Å². The van der Waals surface area contributed by atoms with Gasteiger partial charge in [-0.25, -0.2) is 4.79 Å². The smallest absolute Gasteiger partial charge is 0.354 e. The quantitative estimate of drug-likeness (QED) is 0.491. The molecule has 1 atom stereocenters. The second kappa shape index (κ2) is 9.19. The highest BCUT2D eigenvalue weighted by Gasteiger charge is 2.33. The molecule has 0 fully saturated rings. The molecule has 1 amide bonds. The molecule has 6 nitrogen and oxygen atoms in total. The molecular weight excluding hydrogens is 376 g/mol. The Balaban J connectivity index is 2.47. The number of esters is 1. The SMILES string of the molecule is CCCN(C(=O)c1cccs1)C(C)C(=O)c1c(C)c(C(=O)OC)n(CC)c1C. The molecule has 0 aliphatic heterocycles. The average molecular weight is 405 g/mol. The number of hydrogen-bond donors (Lipinski definition) is 0. The number of rotatable bonds is 8. The number of carbonyl (C=O) groups is 3. The van der Waals surface area contributed by atoms with Gasteiger partial charge in [-0.1, -0.05) is 13.0 Å². The van der Waals surface area contributed by atoms with E-state index in [4.69, 9.17) is 4.74 Å². The van der Waals surface area contributed by atoms with Gasteiger partial charge in [0.1, 0.15) is 5.69 Å². The number of Topliss-reactive ketones (excluding diaryl/α,β-unsaturated/α-hetero) is 1. The van der Waals surface area contributed by atoms with Crippen LogP contribution in [-0.4, -0.2) is 46.8 Å². The predicted molar refractivity (Wildman–Crippen MR) is 110 cm³/mol. The first-order valence-corrected chi connectivity index (χ1v) is 10.3. The maximum Gasteiger partial charge on any atom is 0.354 e. The first-order chi connectivity index (χ1) is 13.3. The molecule has 0 bridgehead atoms. The topological polar surface area (TPSA) is 68.6 Å². The summed E-state index contributed by atoms with van der Waals surface area (Å²) in [7, 11) is 1.33. The molecule has 152 valence electrons. The summed E-state index contributed by atoms with van der Waals surface area (Å²) in [5, 5.41) is 1.85. The molecule has 0 radical (unpaired) electrons. The largest absolute Gasteiger partial charge is 0.464 e. The molecule has 0 saturated heterocycles. The molecule has 2 rings (SSSR count). The van der Waals surface area contributed by atoms with E-state index < -0.39 is 12.0 Å². The summed E-state index contributed by atoms with van der Waals surface area (Å²) >= 11 is 1.37. The molecule has 2 heterocycles. The van der Waals surface area contributed by atoms with Crippen LogP contribution in [0.5, 0.6) is 0 Å². The zero-order valence-corrected chi connectivity index (χ0v) is 18.2. The highest BCUT2D eigenvalue weighted by molar-refractivity contribution is 7.12. The third kappa shape index (κ3) is 3.90. The molecular formula is C21H28N2O4S. The maximum atomic E-state index is 13.4. The number of hydrogen-bond acceptors (Lipinski definition) is 5. The van der Waals surface area contributed by atoms with Gasteiger partial charge in [0, 0.05) is 24.3 Å². The van der Waals surface area contributed by atoms with E-state index in [1.54, 1.807) is 29.4 Å². The zero-order valence-electron chi connectivity index (χ0n) is 17.4. The number of nitrogens with zero attached hydrogens (tertiary/aromatic N) is 2. The number of aromatic nitrogens is 1. The fourth-order valence-corrected chi connectivity index (χ4v) is 4.30. The van der Waals surface area contributed by atoms with Crippen LogP contribution in [0.25, 0.3) is 0 Å². The van der Waals surface area contributed by atoms with Crippen LogP contribution < -0.4 is 0 Å². The second-order valence-corrected chi connectivity index (χ2v) is 7.63. The third-order valence-corrected chi connectivity index (χ3v) is 5.87. The standard InChI is InChI=1S/C21H28N2O4S/c1-7-11-23(20(25)16-10-9-12-28-16)15(5)19(24)17-13(3)18(21(26)27-6)22(8-2)14(17)4/h9-10,12,15H,7-8,11H2,1-6H3. The highest BCUT2D eigenvalue weighted by Crippen LogP contribution is 2.26. The molecule has 28 heavy (non-hydrogen) atoms. The maximum absolute atomic E-state index is 13.4. The van der Waals surface area contributed by atoms with E-state index in [-0.39, 0.29) is 11.7 Å². The van der Waals surface area contributed by atoms with Crippen molar-refractivity contribution in [2.45, 2.75) is 53.6 Å². The Labute approximate surface area is 170 Å². The van der Waals surface area contributed by atoms with Gasteiger partial charge in [0.2, 0.25) is 0 Å². The van der Waals surface area contributed by atoms with Crippen molar-refractivity contribution in [1.82, 2.24) is 9.47 Å². The molecule has 0 spiro atoms. The Morgan fingerprint density at radius 2 is 1.93 bits per heavy atom. The Bertz CT molecular complexity index is 868. The Kier molecular flexibility index (Phi) is 7.18. The van der Waals surface area contributed by atoms with Crippen molar-refractivity contribution in [3.8, 4) is 0 Å². The Morgan fingerprint density at radius 3 is 2.43 bits per heavy atom. The lowest BCUT2D eigenvalue weighted by Gasteiger charge is -2.28. The molecule has 0 aromatic carbocycles. The lowest BCUT2D eigenvalue weighted by atomic mass is 9.99. The number of amides is 1. The van der Waals surface area contributed by atoms with Crippen LogP contribution in [-0.2, 0) is 11.3 Å². The molecule has 1 unspecified atom stereocenters. The molecule has 7 heteroatoms. The van der Waals surface area contributed by atoms with Crippen molar-refractivity contribution in [2.75, 3.05) is 13.7 Å². The third-order valence-electron chi connectivity index (χ3n) is 5.01. The van der Waals surface area contributed by atoms with Gasteiger partial charge in [0.15, 0.2) is 5.78 Å². The summed E-state index contributed by atoms with van der Waals surface area (Å²) in [6.45, 7) is 10.3.